The molecular formula is C16H13Br2F3. The van der Waals surface area contributed by atoms with E-state index in [2.05, 4.69) is 31.9 Å². The third-order valence-electron chi connectivity index (χ3n) is 3.51. The lowest BCUT2D eigenvalue weighted by atomic mass is 9.79. The van der Waals surface area contributed by atoms with Crippen LogP contribution >= 0.6 is 31.9 Å². The van der Waals surface area contributed by atoms with Crippen molar-refractivity contribution in [2.45, 2.75) is 11.8 Å². The van der Waals surface area contributed by atoms with Crippen molar-refractivity contribution in [3.63, 3.8) is 0 Å². The highest BCUT2D eigenvalue weighted by Crippen LogP contribution is 2.33. The van der Waals surface area contributed by atoms with E-state index < -0.39 is 17.0 Å². The van der Waals surface area contributed by atoms with Crippen LogP contribution in [0.3, 0.4) is 0 Å². The molecule has 0 bridgehead atoms. The predicted molar refractivity (Wildman–Crippen MR) is 85.7 cm³/mol. The molecule has 0 aliphatic heterocycles. The van der Waals surface area contributed by atoms with Crippen molar-refractivity contribution >= 4 is 31.9 Å². The molecule has 0 saturated carbocycles. The first-order chi connectivity index (χ1) is 10.0. The van der Waals surface area contributed by atoms with E-state index in [-0.39, 0.29) is 5.82 Å². The normalized spacial score (nSPS) is 11.7. The summed E-state index contributed by atoms with van der Waals surface area (Å²) >= 11 is 6.93. The molecule has 0 amide bonds. The van der Waals surface area contributed by atoms with Gasteiger partial charge < -0.3 is 0 Å². The lowest BCUT2D eigenvalue weighted by molar-refractivity contribution is 0.514. The Morgan fingerprint density at radius 3 is 1.90 bits per heavy atom. The van der Waals surface area contributed by atoms with Crippen molar-refractivity contribution in [2.24, 2.45) is 0 Å². The van der Waals surface area contributed by atoms with Gasteiger partial charge in [0.05, 0.1) is 0 Å². The number of halogens is 5. The van der Waals surface area contributed by atoms with E-state index >= 15 is 0 Å². The fourth-order valence-electron chi connectivity index (χ4n) is 2.22. The van der Waals surface area contributed by atoms with E-state index in [4.69, 9.17) is 0 Å². The van der Waals surface area contributed by atoms with Gasteiger partial charge in [-0.15, -0.1) is 0 Å². The quantitative estimate of drug-likeness (QED) is 0.569. The van der Waals surface area contributed by atoms with Gasteiger partial charge in [-0.25, -0.2) is 13.2 Å². The van der Waals surface area contributed by atoms with Crippen molar-refractivity contribution in [3.05, 3.63) is 71.0 Å². The molecule has 0 aliphatic carbocycles. The lowest BCUT2D eigenvalue weighted by Crippen LogP contribution is -2.33. The maximum absolute atomic E-state index is 13.9. The van der Waals surface area contributed by atoms with E-state index in [9.17, 15) is 13.2 Å². The van der Waals surface area contributed by atoms with Gasteiger partial charge in [0.25, 0.3) is 0 Å². The van der Waals surface area contributed by atoms with Gasteiger partial charge in [-0.3, -0.25) is 0 Å². The van der Waals surface area contributed by atoms with Gasteiger partial charge in [-0.2, -0.15) is 0 Å². The van der Waals surface area contributed by atoms with Gasteiger partial charge in [-0.1, -0.05) is 50.1 Å². The zero-order valence-corrected chi connectivity index (χ0v) is 14.2. The van der Waals surface area contributed by atoms with E-state index in [0.29, 0.717) is 22.6 Å². The first-order valence-corrected chi connectivity index (χ1v) is 8.57. The summed E-state index contributed by atoms with van der Waals surface area (Å²) in [6, 6.07) is 9.74. The van der Waals surface area contributed by atoms with Crippen LogP contribution in [-0.2, 0) is 11.8 Å². The van der Waals surface area contributed by atoms with Gasteiger partial charge in [-0.05, 0) is 35.7 Å². The zero-order valence-electron chi connectivity index (χ0n) is 11.1. The first-order valence-electron chi connectivity index (χ1n) is 6.33. The Bertz CT molecular complexity index is 607. The fraction of sp³-hybridized carbons (Fsp3) is 0.250. The van der Waals surface area contributed by atoms with Crippen LogP contribution in [0.4, 0.5) is 13.2 Å². The maximum Gasteiger partial charge on any atom is 0.129 e. The highest BCUT2D eigenvalue weighted by Gasteiger charge is 2.31. The Balaban J connectivity index is 2.40. The smallest absolute Gasteiger partial charge is 0.129 e. The monoisotopic (exact) mass is 420 g/mol. The number of rotatable bonds is 5. The van der Waals surface area contributed by atoms with Crippen LogP contribution in [0.25, 0.3) is 0 Å². The molecule has 0 unspecified atom stereocenters. The standard InChI is InChI=1S/C16H13Br2F3/c17-9-16(10-18,12-2-5-13(19)6-3-12)8-11-1-4-14(20)7-15(11)21/h1-7H,8-10H2. The molecule has 0 atom stereocenters. The minimum atomic E-state index is -0.596. The summed E-state index contributed by atoms with van der Waals surface area (Å²) in [4.78, 5) is 0. The highest BCUT2D eigenvalue weighted by atomic mass is 79.9. The Morgan fingerprint density at radius 2 is 1.38 bits per heavy atom. The van der Waals surface area contributed by atoms with Gasteiger partial charge in [0, 0.05) is 22.1 Å². The molecular weight excluding hydrogens is 409 g/mol. The van der Waals surface area contributed by atoms with Gasteiger partial charge in [0.1, 0.15) is 17.5 Å². The van der Waals surface area contributed by atoms with Crippen LogP contribution in [0.15, 0.2) is 42.5 Å². The summed E-state index contributed by atoms with van der Waals surface area (Å²) in [5.41, 5.74) is 0.882. The molecule has 2 rings (SSSR count). The second-order valence-electron chi connectivity index (χ2n) is 4.97. The maximum atomic E-state index is 13.9. The number of hydrogen-bond donors (Lipinski definition) is 0. The topological polar surface area (TPSA) is 0 Å². The van der Waals surface area contributed by atoms with Crippen molar-refractivity contribution < 1.29 is 13.2 Å². The largest absolute Gasteiger partial charge is 0.207 e. The molecule has 21 heavy (non-hydrogen) atoms. The van der Waals surface area contributed by atoms with Crippen molar-refractivity contribution in [1.29, 1.82) is 0 Å². The van der Waals surface area contributed by atoms with Crippen LogP contribution in [0.5, 0.6) is 0 Å². The van der Waals surface area contributed by atoms with Crippen molar-refractivity contribution in [1.82, 2.24) is 0 Å². The summed E-state index contributed by atoms with van der Waals surface area (Å²) in [6.45, 7) is 0. The van der Waals surface area contributed by atoms with Crippen LogP contribution < -0.4 is 0 Å². The van der Waals surface area contributed by atoms with Gasteiger partial charge in [0.15, 0.2) is 0 Å². The summed E-state index contributed by atoms with van der Waals surface area (Å²) in [5, 5.41) is 1.13. The molecule has 0 N–H and O–H groups in total. The van der Waals surface area contributed by atoms with Gasteiger partial charge >= 0.3 is 0 Å². The van der Waals surface area contributed by atoms with Crippen LogP contribution in [0.2, 0.25) is 0 Å². The van der Waals surface area contributed by atoms with E-state index in [0.717, 1.165) is 11.6 Å². The third-order valence-corrected chi connectivity index (χ3v) is 5.66. The Kier molecular flexibility index (Phi) is 5.49. The predicted octanol–water partition coefficient (Wildman–Crippen LogP) is 5.37. The SMILES string of the molecule is Fc1ccc(C(CBr)(CBr)Cc2ccc(F)cc2F)cc1. The lowest BCUT2D eigenvalue weighted by Gasteiger charge is -2.31. The molecule has 2 aromatic rings. The number of benzene rings is 2. The summed E-state index contributed by atoms with van der Waals surface area (Å²) in [7, 11) is 0. The molecule has 0 heterocycles. The van der Waals surface area contributed by atoms with Gasteiger partial charge in [0.2, 0.25) is 0 Å². The number of alkyl halides is 2. The Morgan fingerprint density at radius 1 is 0.810 bits per heavy atom. The summed E-state index contributed by atoms with van der Waals surface area (Å²) in [5.74, 6) is -1.48. The molecule has 112 valence electrons. The van der Waals surface area contributed by atoms with Crippen LogP contribution in [0, 0.1) is 17.5 Å². The first kappa shape index (κ1) is 16.6. The fourth-order valence-corrected chi connectivity index (χ4v) is 4.19. The molecule has 2 aromatic carbocycles. The third kappa shape index (κ3) is 3.69. The second kappa shape index (κ2) is 6.97. The molecule has 5 heteroatoms. The second-order valence-corrected chi connectivity index (χ2v) is 6.09. The van der Waals surface area contributed by atoms with Crippen LogP contribution in [0.1, 0.15) is 11.1 Å². The highest BCUT2D eigenvalue weighted by molar-refractivity contribution is 9.09. The minimum absolute atomic E-state index is 0.315. The molecule has 0 aliphatic rings. The molecule has 0 spiro atoms. The van der Waals surface area contributed by atoms with Crippen LogP contribution in [-0.4, -0.2) is 10.7 Å². The Hall–Kier alpha value is -0.810. The van der Waals surface area contributed by atoms with E-state index in [1.165, 1.54) is 24.3 Å². The average Bonchev–Trinajstić information content (AvgIpc) is 2.48. The minimum Gasteiger partial charge on any atom is -0.207 e. The molecule has 0 aromatic heterocycles. The van der Waals surface area contributed by atoms with E-state index in [1.54, 1.807) is 12.1 Å². The molecule has 0 radical (unpaired) electrons. The summed E-state index contributed by atoms with van der Waals surface area (Å²) in [6.07, 6.45) is 0.376. The molecule has 0 nitrogen and oxygen atoms in total. The Labute approximate surface area is 138 Å². The van der Waals surface area contributed by atoms with Crippen molar-refractivity contribution in [3.8, 4) is 0 Å². The van der Waals surface area contributed by atoms with Crippen molar-refractivity contribution in [2.75, 3.05) is 10.7 Å². The summed E-state index contributed by atoms with van der Waals surface area (Å²) < 4.78 is 40.0. The zero-order chi connectivity index (χ0) is 15.5. The molecule has 0 fully saturated rings. The average molecular weight is 422 g/mol. The number of hydrogen-bond acceptors (Lipinski definition) is 0. The van der Waals surface area contributed by atoms with E-state index in [1.807, 2.05) is 0 Å². The molecule has 0 saturated heterocycles.